The SMILES string of the molecule is CCOC(=O)[C@]12C(=C(c3ccccc3)O[C@H]3C=CCC[C@H]31)C(=O)C(=O)N2c1ccccc1. The lowest BCUT2D eigenvalue weighted by atomic mass is 9.68. The van der Waals surface area contributed by atoms with E-state index in [2.05, 4.69) is 0 Å². The summed E-state index contributed by atoms with van der Waals surface area (Å²) in [5, 5.41) is 0. The van der Waals surface area contributed by atoms with E-state index in [0.29, 0.717) is 24.1 Å². The Bertz CT molecular complexity index is 1140. The normalized spacial score (nSPS) is 26.5. The summed E-state index contributed by atoms with van der Waals surface area (Å²) in [6.45, 7) is 1.85. The number of ketones is 1. The standard InChI is InChI=1S/C26H23NO5/c1-2-31-25(30)26-19-15-9-10-16-20(19)32-23(17-11-5-3-6-12-17)21(26)22(28)24(29)27(26)18-13-7-4-8-14-18/h3-8,10-14,16,19-20H,2,9,15H2,1H3/t19-,20+,26-/m1/s1. The van der Waals surface area contributed by atoms with Gasteiger partial charge in [-0.3, -0.25) is 14.5 Å². The number of esters is 1. The number of anilines is 1. The average Bonchev–Trinajstić information content (AvgIpc) is 3.08. The highest BCUT2D eigenvalue weighted by molar-refractivity contribution is 6.54. The molecule has 0 bridgehead atoms. The largest absolute Gasteiger partial charge is 0.485 e. The van der Waals surface area contributed by atoms with E-state index < -0.39 is 35.2 Å². The summed E-state index contributed by atoms with van der Waals surface area (Å²) in [6, 6.07) is 18.0. The minimum absolute atomic E-state index is 0.0764. The first-order valence-electron chi connectivity index (χ1n) is 10.8. The molecule has 1 amide bonds. The molecule has 0 spiro atoms. The Hall–Kier alpha value is -3.67. The van der Waals surface area contributed by atoms with Crippen molar-refractivity contribution in [2.24, 2.45) is 5.92 Å². The number of amides is 1. The summed E-state index contributed by atoms with van der Waals surface area (Å²) < 4.78 is 11.9. The molecule has 32 heavy (non-hydrogen) atoms. The molecule has 0 N–H and O–H groups in total. The Morgan fingerprint density at radius 3 is 2.47 bits per heavy atom. The lowest BCUT2D eigenvalue weighted by Crippen LogP contribution is -2.63. The quantitative estimate of drug-likeness (QED) is 0.421. The number of Topliss-reactive ketones (excluding diaryl/α,β-unsaturated/α-hetero) is 1. The van der Waals surface area contributed by atoms with Gasteiger partial charge < -0.3 is 9.47 Å². The Morgan fingerprint density at radius 2 is 1.78 bits per heavy atom. The Morgan fingerprint density at radius 1 is 1.09 bits per heavy atom. The molecule has 3 aliphatic rings. The van der Waals surface area contributed by atoms with Crippen LogP contribution >= 0.6 is 0 Å². The summed E-state index contributed by atoms with van der Waals surface area (Å²) in [7, 11) is 0. The van der Waals surface area contributed by atoms with Crippen LogP contribution in [0.25, 0.3) is 5.76 Å². The molecule has 1 aliphatic carbocycles. The van der Waals surface area contributed by atoms with E-state index in [4.69, 9.17) is 9.47 Å². The number of carbonyl (C=O) groups is 3. The monoisotopic (exact) mass is 429 g/mol. The van der Waals surface area contributed by atoms with E-state index in [-0.39, 0.29) is 17.9 Å². The fourth-order valence-corrected chi connectivity index (χ4v) is 5.13. The zero-order chi connectivity index (χ0) is 22.3. The van der Waals surface area contributed by atoms with Gasteiger partial charge in [-0.2, -0.15) is 0 Å². The van der Waals surface area contributed by atoms with Gasteiger partial charge in [-0.1, -0.05) is 54.6 Å². The van der Waals surface area contributed by atoms with Gasteiger partial charge in [-0.25, -0.2) is 4.79 Å². The number of para-hydroxylation sites is 1. The summed E-state index contributed by atoms with van der Waals surface area (Å²) in [5.41, 5.74) is -0.390. The van der Waals surface area contributed by atoms with Crippen LogP contribution < -0.4 is 4.90 Å². The van der Waals surface area contributed by atoms with Crippen molar-refractivity contribution in [1.82, 2.24) is 0 Å². The van der Waals surface area contributed by atoms with Gasteiger partial charge in [0.2, 0.25) is 0 Å². The van der Waals surface area contributed by atoms with Gasteiger partial charge in [-0.05, 0) is 38.0 Å². The number of ether oxygens (including phenoxy) is 2. The maximum atomic E-state index is 13.8. The van der Waals surface area contributed by atoms with E-state index in [9.17, 15) is 14.4 Å². The maximum absolute atomic E-state index is 13.8. The molecule has 6 nitrogen and oxygen atoms in total. The zero-order valence-electron chi connectivity index (χ0n) is 17.7. The van der Waals surface area contributed by atoms with Gasteiger partial charge in [0, 0.05) is 17.2 Å². The topological polar surface area (TPSA) is 72.9 Å². The summed E-state index contributed by atoms with van der Waals surface area (Å²) in [6.07, 6.45) is 4.75. The van der Waals surface area contributed by atoms with E-state index in [0.717, 1.165) is 0 Å². The molecule has 0 unspecified atom stereocenters. The Balaban J connectivity index is 1.87. The maximum Gasteiger partial charge on any atom is 0.337 e. The highest BCUT2D eigenvalue weighted by Crippen LogP contribution is 2.53. The molecular weight excluding hydrogens is 406 g/mol. The lowest BCUT2D eigenvalue weighted by molar-refractivity contribution is -0.153. The summed E-state index contributed by atoms with van der Waals surface area (Å²) >= 11 is 0. The number of fused-ring (bicyclic) bond motifs is 3. The van der Waals surface area contributed by atoms with Crippen LogP contribution in [0.2, 0.25) is 0 Å². The van der Waals surface area contributed by atoms with Crippen LogP contribution in [0, 0.1) is 5.92 Å². The molecule has 0 radical (unpaired) electrons. The van der Waals surface area contributed by atoms with Gasteiger partial charge in [0.1, 0.15) is 11.9 Å². The second-order valence-corrected chi connectivity index (χ2v) is 8.06. The number of benzene rings is 2. The Kier molecular flexibility index (Phi) is 4.93. The fraction of sp³-hybridized carbons (Fsp3) is 0.269. The predicted molar refractivity (Wildman–Crippen MR) is 118 cm³/mol. The predicted octanol–water partition coefficient (Wildman–Crippen LogP) is 3.68. The third-order valence-corrected chi connectivity index (χ3v) is 6.38. The highest BCUT2D eigenvalue weighted by atomic mass is 16.5. The molecule has 0 aromatic heterocycles. The van der Waals surface area contributed by atoms with E-state index in [1.807, 2.05) is 48.6 Å². The third-order valence-electron chi connectivity index (χ3n) is 6.38. The van der Waals surface area contributed by atoms with E-state index >= 15 is 0 Å². The molecule has 1 fully saturated rings. The van der Waals surface area contributed by atoms with Crippen LogP contribution in [0.4, 0.5) is 5.69 Å². The van der Waals surface area contributed by atoms with E-state index in [1.54, 1.807) is 31.2 Å². The van der Waals surface area contributed by atoms with Crippen molar-refractivity contribution in [3.63, 3.8) is 0 Å². The van der Waals surface area contributed by atoms with Gasteiger partial charge in [0.25, 0.3) is 5.78 Å². The van der Waals surface area contributed by atoms with Gasteiger partial charge in [0.05, 0.1) is 12.2 Å². The Labute approximate surface area is 186 Å². The molecule has 162 valence electrons. The molecule has 5 rings (SSSR count). The summed E-state index contributed by atoms with van der Waals surface area (Å²) in [5.74, 6) is -2.26. The number of rotatable bonds is 4. The molecular formula is C26H23NO5. The molecule has 1 saturated heterocycles. The number of allylic oxidation sites excluding steroid dienone is 1. The lowest BCUT2D eigenvalue weighted by Gasteiger charge is -2.48. The van der Waals surface area contributed by atoms with Crippen molar-refractivity contribution in [3.8, 4) is 0 Å². The van der Waals surface area contributed by atoms with Crippen LogP contribution in [-0.4, -0.2) is 35.9 Å². The first-order valence-corrected chi connectivity index (χ1v) is 10.8. The smallest absolute Gasteiger partial charge is 0.337 e. The van der Waals surface area contributed by atoms with Crippen molar-refractivity contribution >= 4 is 29.1 Å². The second-order valence-electron chi connectivity index (χ2n) is 8.06. The molecule has 2 heterocycles. The van der Waals surface area contributed by atoms with Gasteiger partial charge in [-0.15, -0.1) is 0 Å². The molecule has 2 aliphatic heterocycles. The minimum Gasteiger partial charge on any atom is -0.485 e. The van der Waals surface area contributed by atoms with Crippen LogP contribution in [0.3, 0.4) is 0 Å². The van der Waals surface area contributed by atoms with Crippen LogP contribution in [-0.2, 0) is 23.9 Å². The number of hydrogen-bond acceptors (Lipinski definition) is 5. The molecule has 3 atom stereocenters. The molecule has 2 aromatic carbocycles. The van der Waals surface area contributed by atoms with Crippen LogP contribution in [0.15, 0.2) is 78.4 Å². The fourth-order valence-electron chi connectivity index (χ4n) is 5.13. The molecule has 6 heteroatoms. The van der Waals surface area contributed by atoms with Crippen LogP contribution in [0.5, 0.6) is 0 Å². The minimum atomic E-state index is -1.59. The first kappa shape index (κ1) is 20.2. The number of hydrogen-bond donors (Lipinski definition) is 0. The van der Waals surface area contributed by atoms with Crippen molar-refractivity contribution in [1.29, 1.82) is 0 Å². The van der Waals surface area contributed by atoms with Crippen molar-refractivity contribution in [2.45, 2.75) is 31.4 Å². The second kappa shape index (κ2) is 7.79. The zero-order valence-corrected chi connectivity index (χ0v) is 17.7. The van der Waals surface area contributed by atoms with E-state index in [1.165, 1.54) is 4.90 Å². The van der Waals surface area contributed by atoms with Crippen molar-refractivity contribution in [3.05, 3.63) is 84.0 Å². The van der Waals surface area contributed by atoms with Gasteiger partial charge in [0.15, 0.2) is 5.54 Å². The average molecular weight is 429 g/mol. The van der Waals surface area contributed by atoms with Crippen LogP contribution in [0.1, 0.15) is 25.3 Å². The van der Waals surface area contributed by atoms with Crippen molar-refractivity contribution in [2.75, 3.05) is 11.5 Å². The third kappa shape index (κ3) is 2.75. The first-order chi connectivity index (χ1) is 15.6. The highest BCUT2D eigenvalue weighted by Gasteiger charge is 2.69. The van der Waals surface area contributed by atoms with Crippen molar-refractivity contribution < 1.29 is 23.9 Å². The number of carbonyl (C=O) groups excluding carboxylic acids is 3. The summed E-state index contributed by atoms with van der Waals surface area (Å²) in [4.78, 5) is 42.2. The molecule has 0 saturated carbocycles. The molecule has 2 aromatic rings. The number of nitrogens with zero attached hydrogens (tertiary/aromatic N) is 1. The van der Waals surface area contributed by atoms with Gasteiger partial charge >= 0.3 is 11.9 Å².